The minimum atomic E-state index is -1.29. The Morgan fingerprint density at radius 2 is 1.81 bits per heavy atom. The van der Waals surface area contributed by atoms with Gasteiger partial charge in [0.1, 0.15) is 6.10 Å². The van der Waals surface area contributed by atoms with Crippen molar-refractivity contribution in [2.24, 2.45) is 67.5 Å². The molecule has 16 atom stereocenters. The van der Waals surface area contributed by atoms with Crippen molar-refractivity contribution in [1.29, 1.82) is 0 Å². The highest BCUT2D eigenvalue weighted by atomic mass is 16.3. The molecule has 0 amide bonds. The van der Waals surface area contributed by atoms with Crippen molar-refractivity contribution >= 4 is 5.78 Å². The highest BCUT2D eigenvalue weighted by Crippen LogP contribution is 2.83. The number of carbonyl (C=O) groups excluding carboxylic acids is 1. The Morgan fingerprint density at radius 3 is 2.58 bits per heavy atom. The molecule has 0 saturated heterocycles. The van der Waals surface area contributed by atoms with Gasteiger partial charge in [0.25, 0.3) is 0 Å². The molecule has 0 aromatic heterocycles. The molecule has 4 bridgehead atoms. The normalized spacial score (nSPS) is 59.2. The number of carbonyl (C=O) groups is 1. The third-order valence-electron chi connectivity index (χ3n) is 18.1. The summed E-state index contributed by atoms with van der Waals surface area (Å²) in [5.41, 5.74) is -3.83. The summed E-state index contributed by atoms with van der Waals surface area (Å²) in [6.07, 6.45) is 17.3. The Morgan fingerprint density at radius 1 is 1.02 bits per heavy atom. The van der Waals surface area contributed by atoms with Crippen molar-refractivity contribution in [3.63, 3.8) is 0 Å². The molecule has 48 heavy (non-hydrogen) atoms. The van der Waals surface area contributed by atoms with Crippen LogP contribution in [0.2, 0.25) is 0 Å². The number of fused-ring (bicyclic) bond motifs is 8. The van der Waals surface area contributed by atoms with Crippen LogP contribution in [0.25, 0.3) is 0 Å². The molecule has 11 aliphatic rings. The van der Waals surface area contributed by atoms with Crippen LogP contribution in [0.15, 0.2) is 36.0 Å². The van der Waals surface area contributed by atoms with E-state index in [9.17, 15) is 25.5 Å². The summed E-state index contributed by atoms with van der Waals surface area (Å²) in [7, 11) is 0. The van der Waals surface area contributed by atoms with Gasteiger partial charge in [-0.25, -0.2) is 0 Å². The van der Waals surface area contributed by atoms with Crippen molar-refractivity contribution in [3.05, 3.63) is 36.0 Å². The maximum absolute atomic E-state index is 15.3. The van der Waals surface area contributed by atoms with Crippen LogP contribution >= 0.6 is 0 Å². The van der Waals surface area contributed by atoms with Crippen molar-refractivity contribution in [3.8, 4) is 11.8 Å². The van der Waals surface area contributed by atoms with Gasteiger partial charge in [-0.2, -0.15) is 0 Å². The summed E-state index contributed by atoms with van der Waals surface area (Å²) in [6, 6.07) is 0. The maximum Gasteiger partial charge on any atom is 0.159 e. The van der Waals surface area contributed by atoms with E-state index in [0.29, 0.717) is 19.3 Å². The third kappa shape index (κ3) is 3.22. The Kier molecular flexibility index (Phi) is 6.41. The molecule has 5 N–H and O–H groups in total. The second-order valence-electron chi connectivity index (χ2n) is 19.4. The Balaban J connectivity index is 1.28. The van der Waals surface area contributed by atoms with Gasteiger partial charge < -0.3 is 25.5 Å². The lowest BCUT2D eigenvalue weighted by Gasteiger charge is -2.77. The summed E-state index contributed by atoms with van der Waals surface area (Å²) in [5, 5.41) is 59.5. The molecule has 5 saturated carbocycles. The van der Waals surface area contributed by atoms with Gasteiger partial charge in [-0.3, -0.25) is 4.79 Å². The molecular weight excluding hydrogens is 600 g/mol. The zero-order valence-corrected chi connectivity index (χ0v) is 29.3. The van der Waals surface area contributed by atoms with E-state index in [1.165, 1.54) is 0 Å². The van der Waals surface area contributed by atoms with E-state index in [1.54, 1.807) is 0 Å². The Labute approximate surface area is 286 Å². The fraction of sp³-hybridized carbons (Fsp3) is 0.786. The summed E-state index contributed by atoms with van der Waals surface area (Å²) in [5.74, 6) is 6.34. The van der Waals surface area contributed by atoms with Gasteiger partial charge in [0.05, 0.1) is 29.8 Å². The molecule has 6 heteroatoms. The van der Waals surface area contributed by atoms with Gasteiger partial charge >= 0.3 is 0 Å². The molecule has 0 heterocycles. The number of rotatable bonds is 2. The molecule has 0 radical (unpaired) electrons. The van der Waals surface area contributed by atoms with Gasteiger partial charge in [-0.15, -0.1) is 5.92 Å². The van der Waals surface area contributed by atoms with E-state index < -0.39 is 57.6 Å². The lowest BCUT2D eigenvalue weighted by molar-refractivity contribution is -0.293. The van der Waals surface area contributed by atoms with E-state index in [4.69, 9.17) is 0 Å². The molecule has 11 aliphatic carbocycles. The number of hydrogen-bond donors (Lipinski definition) is 5. The minimum absolute atomic E-state index is 0.0146. The van der Waals surface area contributed by atoms with Crippen LogP contribution in [0.3, 0.4) is 0 Å². The first-order chi connectivity index (χ1) is 22.6. The predicted molar refractivity (Wildman–Crippen MR) is 182 cm³/mol. The third-order valence-corrected chi connectivity index (χ3v) is 18.1. The van der Waals surface area contributed by atoms with E-state index >= 15 is 4.79 Å². The Bertz CT molecular complexity index is 1620. The SMILES string of the molecule is CC12CCC#CC(O)C34C(C1)C1=CC(=O)C5C6(C)C7C=CCC(C(O)CO)(C(O)C7)C6CCC5(C)C1(C)CC3(O)C=CC1CCCC14C2. The minimum Gasteiger partial charge on any atom is -0.394 e. The lowest BCUT2D eigenvalue weighted by atomic mass is 9.26. The fourth-order valence-electron chi connectivity index (χ4n) is 16.4. The molecule has 0 aliphatic heterocycles. The largest absolute Gasteiger partial charge is 0.394 e. The highest BCUT2D eigenvalue weighted by molar-refractivity contribution is 5.96. The molecule has 6 nitrogen and oxygen atoms in total. The maximum atomic E-state index is 15.3. The first kappa shape index (κ1) is 32.2. The average molecular weight is 657 g/mol. The molecular formula is C42H56O6. The second kappa shape index (κ2) is 9.56. The fourth-order valence-corrected chi connectivity index (χ4v) is 16.4. The van der Waals surface area contributed by atoms with Gasteiger partial charge in [0.2, 0.25) is 0 Å². The predicted octanol–water partition coefficient (Wildman–Crippen LogP) is 5.27. The van der Waals surface area contributed by atoms with Crippen molar-refractivity contribution in [2.45, 2.75) is 129 Å². The molecule has 0 aromatic rings. The van der Waals surface area contributed by atoms with Crippen LogP contribution < -0.4 is 0 Å². The summed E-state index contributed by atoms with van der Waals surface area (Å²) in [6.45, 7) is 8.87. The molecule has 5 fully saturated rings. The van der Waals surface area contributed by atoms with Gasteiger partial charge in [-0.1, -0.05) is 69.9 Å². The number of aliphatic hydroxyl groups excluding tert-OH is 4. The molecule has 0 aromatic carbocycles. The second-order valence-corrected chi connectivity index (χ2v) is 19.4. The number of allylic oxidation sites excluding steroid dienone is 5. The van der Waals surface area contributed by atoms with Gasteiger partial charge in [0.15, 0.2) is 5.78 Å². The molecule has 260 valence electrons. The van der Waals surface area contributed by atoms with E-state index in [1.807, 2.05) is 6.08 Å². The van der Waals surface area contributed by atoms with Gasteiger partial charge in [0, 0.05) is 17.8 Å². The Hall–Kier alpha value is -1.75. The van der Waals surface area contributed by atoms with Crippen LogP contribution in [0, 0.1) is 79.3 Å². The zero-order chi connectivity index (χ0) is 33.9. The number of aliphatic hydroxyl groups is 5. The van der Waals surface area contributed by atoms with Crippen LogP contribution in [-0.2, 0) is 4.79 Å². The topological polar surface area (TPSA) is 118 Å². The number of hydrogen-bond acceptors (Lipinski definition) is 6. The van der Waals surface area contributed by atoms with Crippen LogP contribution in [-0.4, -0.2) is 61.8 Å². The lowest BCUT2D eigenvalue weighted by Crippen LogP contribution is -2.78. The first-order valence-corrected chi connectivity index (χ1v) is 19.1. The van der Waals surface area contributed by atoms with Crippen molar-refractivity contribution < 1.29 is 30.3 Å². The highest BCUT2D eigenvalue weighted by Gasteiger charge is 2.82. The molecule has 2 spiro atoms. The molecule has 11 rings (SSSR count). The van der Waals surface area contributed by atoms with Crippen LogP contribution in [0.5, 0.6) is 0 Å². The quantitative estimate of drug-likeness (QED) is 0.204. The average Bonchev–Trinajstić information content (AvgIpc) is 3.32. The van der Waals surface area contributed by atoms with Crippen LogP contribution in [0.4, 0.5) is 0 Å². The van der Waals surface area contributed by atoms with E-state index in [-0.39, 0.29) is 46.2 Å². The molecule has 16 unspecified atom stereocenters. The van der Waals surface area contributed by atoms with Crippen LogP contribution in [0.1, 0.15) is 105 Å². The smallest absolute Gasteiger partial charge is 0.159 e. The first-order valence-electron chi connectivity index (χ1n) is 19.1. The van der Waals surface area contributed by atoms with E-state index in [2.05, 4.69) is 63.8 Å². The monoisotopic (exact) mass is 656 g/mol. The van der Waals surface area contributed by atoms with Gasteiger partial charge in [-0.05, 0) is 121 Å². The van der Waals surface area contributed by atoms with E-state index in [0.717, 1.165) is 63.4 Å². The zero-order valence-electron chi connectivity index (χ0n) is 29.3. The van der Waals surface area contributed by atoms with Crippen molar-refractivity contribution in [2.75, 3.05) is 6.61 Å². The summed E-state index contributed by atoms with van der Waals surface area (Å²) < 4.78 is 0. The number of ketones is 1. The van der Waals surface area contributed by atoms with Crippen molar-refractivity contribution in [1.82, 2.24) is 0 Å². The standard InChI is InChI=1S/C42H56O6/c1-35-14-6-5-11-31(45)42-28(21-35)27-20-29(44)34-36(2,37(27,3)24-40(42,48)18-12-25-9-7-15-39(25,42)23-35)17-13-30-38(34,4)26-10-8-16-41(30,32(46)19-26)33(47)22-43/h8,10,12,18,20,25-26,28,30-34,43,45-48H,6-7,9,13-17,19,21-24H2,1-4H3. The summed E-state index contributed by atoms with van der Waals surface area (Å²) in [4.78, 5) is 15.3. The summed E-state index contributed by atoms with van der Waals surface area (Å²) >= 11 is 0.